The Morgan fingerprint density at radius 2 is 1.67 bits per heavy atom. The van der Waals surface area contributed by atoms with Crippen LogP contribution in [0, 0.1) is 5.92 Å². The summed E-state index contributed by atoms with van der Waals surface area (Å²) in [5, 5.41) is 0. The number of benzene rings is 1. The van der Waals surface area contributed by atoms with Crippen LogP contribution in [0.3, 0.4) is 0 Å². The third kappa shape index (κ3) is 5.36. The molecule has 1 rings (SSSR count). The van der Waals surface area contributed by atoms with Crippen LogP contribution in [0.4, 0.5) is 0 Å². The maximum Gasteiger partial charge on any atom is 0.237 e. The summed E-state index contributed by atoms with van der Waals surface area (Å²) in [6.45, 7) is 5.31. The molecule has 1 aromatic carbocycles. The van der Waals surface area contributed by atoms with E-state index in [0.717, 1.165) is 5.56 Å². The van der Waals surface area contributed by atoms with E-state index in [-0.39, 0.29) is 42.9 Å². The Morgan fingerprint density at radius 3 is 2.10 bits per heavy atom. The number of primary amides is 1. The molecular weight excluding hydrogens is 290 g/mol. The summed E-state index contributed by atoms with van der Waals surface area (Å²) in [5.41, 5.74) is 12.0. The lowest BCUT2D eigenvalue weighted by Gasteiger charge is -2.32. The largest absolute Gasteiger partial charge is 0.368 e. The van der Waals surface area contributed by atoms with E-state index in [2.05, 4.69) is 0 Å². The van der Waals surface area contributed by atoms with Crippen molar-refractivity contribution in [2.24, 2.45) is 17.4 Å². The number of halogens is 1. The molecule has 6 heteroatoms. The summed E-state index contributed by atoms with van der Waals surface area (Å²) in [6.07, 6.45) is 0. The second-order valence-corrected chi connectivity index (χ2v) is 5.17. The fraction of sp³-hybridized carbons (Fsp3) is 0.467. The first kappa shape index (κ1) is 19.4. The Labute approximate surface area is 132 Å². The summed E-state index contributed by atoms with van der Waals surface area (Å²) < 4.78 is 0. The van der Waals surface area contributed by atoms with E-state index in [9.17, 15) is 9.59 Å². The fourth-order valence-corrected chi connectivity index (χ4v) is 1.97. The minimum Gasteiger partial charge on any atom is -0.368 e. The van der Waals surface area contributed by atoms with Crippen molar-refractivity contribution in [3.8, 4) is 0 Å². The van der Waals surface area contributed by atoms with Crippen molar-refractivity contribution in [1.29, 1.82) is 0 Å². The zero-order valence-electron chi connectivity index (χ0n) is 12.7. The van der Waals surface area contributed by atoms with Gasteiger partial charge in [-0.15, -0.1) is 12.4 Å². The first-order valence-corrected chi connectivity index (χ1v) is 6.74. The number of carbonyl (C=O) groups is 2. The summed E-state index contributed by atoms with van der Waals surface area (Å²) in [4.78, 5) is 25.2. The van der Waals surface area contributed by atoms with Crippen LogP contribution in [0.25, 0.3) is 0 Å². The van der Waals surface area contributed by atoms with Gasteiger partial charge in [0, 0.05) is 6.04 Å². The van der Waals surface area contributed by atoms with E-state index in [0.29, 0.717) is 0 Å². The van der Waals surface area contributed by atoms with Crippen LogP contribution in [0.1, 0.15) is 32.4 Å². The van der Waals surface area contributed by atoms with Crippen LogP contribution in [-0.4, -0.2) is 29.3 Å². The molecule has 0 aliphatic heterocycles. The average Bonchev–Trinajstić information content (AvgIpc) is 2.43. The molecule has 0 aromatic heterocycles. The van der Waals surface area contributed by atoms with Crippen molar-refractivity contribution in [2.45, 2.75) is 32.9 Å². The third-order valence-corrected chi connectivity index (χ3v) is 3.54. The number of amides is 2. The minimum absolute atomic E-state index is 0. The van der Waals surface area contributed by atoms with Gasteiger partial charge in [-0.05, 0) is 19.4 Å². The molecular formula is C15H24ClN3O2. The van der Waals surface area contributed by atoms with Crippen LogP contribution in [0.15, 0.2) is 30.3 Å². The highest BCUT2D eigenvalue weighted by atomic mass is 35.5. The second-order valence-electron chi connectivity index (χ2n) is 5.17. The van der Waals surface area contributed by atoms with Crippen molar-refractivity contribution in [1.82, 2.24) is 4.90 Å². The number of carbonyl (C=O) groups excluding carboxylic acids is 2. The minimum atomic E-state index is -0.530. The fourth-order valence-electron chi connectivity index (χ4n) is 1.97. The standard InChI is InChI=1S/C15H23N3O2.ClH/c1-10(11(2)16)15(20)18(9-14(17)19)12(3)13-7-5-4-6-8-13;/h4-8,10-12H,9,16H2,1-3H3,(H2,17,19);1H/t10?,11?,12-;/m1./s1. The van der Waals surface area contributed by atoms with Gasteiger partial charge in [0.15, 0.2) is 0 Å². The molecule has 0 fully saturated rings. The lowest BCUT2D eigenvalue weighted by atomic mass is 10.00. The number of nitrogens with two attached hydrogens (primary N) is 2. The molecule has 0 saturated heterocycles. The maximum atomic E-state index is 12.5. The molecule has 0 aliphatic rings. The summed E-state index contributed by atoms with van der Waals surface area (Å²) >= 11 is 0. The highest BCUT2D eigenvalue weighted by Crippen LogP contribution is 2.22. The molecule has 4 N–H and O–H groups in total. The van der Waals surface area contributed by atoms with Crippen molar-refractivity contribution in [2.75, 3.05) is 6.54 Å². The highest BCUT2D eigenvalue weighted by Gasteiger charge is 2.28. The summed E-state index contributed by atoms with van der Waals surface area (Å²) in [7, 11) is 0. The third-order valence-electron chi connectivity index (χ3n) is 3.54. The Bertz CT molecular complexity index is 465. The van der Waals surface area contributed by atoms with Crippen molar-refractivity contribution < 1.29 is 9.59 Å². The molecule has 0 radical (unpaired) electrons. The summed E-state index contributed by atoms with van der Waals surface area (Å²) in [5.74, 6) is -1.05. The smallest absolute Gasteiger partial charge is 0.237 e. The molecule has 1 aromatic rings. The topological polar surface area (TPSA) is 89.4 Å². The van der Waals surface area contributed by atoms with Gasteiger partial charge in [-0.25, -0.2) is 0 Å². The lowest BCUT2D eigenvalue weighted by molar-refractivity contribution is -0.141. The van der Waals surface area contributed by atoms with Gasteiger partial charge in [0.1, 0.15) is 0 Å². The van der Waals surface area contributed by atoms with E-state index < -0.39 is 5.91 Å². The van der Waals surface area contributed by atoms with Gasteiger partial charge in [-0.3, -0.25) is 9.59 Å². The number of rotatable bonds is 6. The van der Waals surface area contributed by atoms with Gasteiger partial charge in [-0.1, -0.05) is 37.3 Å². The Balaban J connectivity index is 0.00000400. The van der Waals surface area contributed by atoms with Gasteiger partial charge in [0.25, 0.3) is 0 Å². The highest BCUT2D eigenvalue weighted by molar-refractivity contribution is 5.86. The maximum absolute atomic E-state index is 12.5. The molecule has 2 unspecified atom stereocenters. The lowest BCUT2D eigenvalue weighted by Crippen LogP contribution is -2.46. The predicted octanol–water partition coefficient (Wildman–Crippen LogP) is 1.47. The van der Waals surface area contributed by atoms with Crippen molar-refractivity contribution >= 4 is 24.2 Å². The Morgan fingerprint density at radius 1 is 1.14 bits per heavy atom. The SMILES string of the molecule is CC(N)C(C)C(=O)N(CC(N)=O)[C@H](C)c1ccccc1.Cl. The monoisotopic (exact) mass is 313 g/mol. The molecule has 0 saturated carbocycles. The molecule has 5 nitrogen and oxygen atoms in total. The average molecular weight is 314 g/mol. The second kappa shape index (κ2) is 8.64. The number of hydrogen-bond acceptors (Lipinski definition) is 3. The van der Waals surface area contributed by atoms with Crippen LogP contribution >= 0.6 is 12.4 Å². The van der Waals surface area contributed by atoms with Crippen LogP contribution in [0.5, 0.6) is 0 Å². The normalized spacial score (nSPS) is 14.5. The number of hydrogen-bond donors (Lipinski definition) is 2. The van der Waals surface area contributed by atoms with Crippen LogP contribution < -0.4 is 11.5 Å². The van der Waals surface area contributed by atoms with Crippen LogP contribution in [-0.2, 0) is 9.59 Å². The van der Waals surface area contributed by atoms with Crippen LogP contribution in [0.2, 0.25) is 0 Å². The van der Waals surface area contributed by atoms with Gasteiger partial charge in [0.05, 0.1) is 18.5 Å². The molecule has 0 spiro atoms. The van der Waals surface area contributed by atoms with Crippen molar-refractivity contribution in [3.05, 3.63) is 35.9 Å². The molecule has 0 bridgehead atoms. The zero-order chi connectivity index (χ0) is 15.3. The number of nitrogens with zero attached hydrogens (tertiary/aromatic N) is 1. The molecule has 21 heavy (non-hydrogen) atoms. The van der Waals surface area contributed by atoms with Gasteiger partial charge >= 0.3 is 0 Å². The molecule has 3 atom stereocenters. The van der Waals surface area contributed by atoms with Gasteiger partial charge in [-0.2, -0.15) is 0 Å². The van der Waals surface area contributed by atoms with E-state index in [1.807, 2.05) is 37.3 Å². The first-order chi connectivity index (χ1) is 9.34. The Kier molecular flexibility index (Phi) is 7.99. The summed E-state index contributed by atoms with van der Waals surface area (Å²) in [6, 6.07) is 9.03. The van der Waals surface area contributed by atoms with E-state index in [4.69, 9.17) is 11.5 Å². The molecule has 0 heterocycles. The van der Waals surface area contributed by atoms with E-state index in [1.54, 1.807) is 13.8 Å². The molecule has 2 amide bonds. The van der Waals surface area contributed by atoms with E-state index >= 15 is 0 Å². The van der Waals surface area contributed by atoms with E-state index in [1.165, 1.54) is 4.90 Å². The van der Waals surface area contributed by atoms with Gasteiger partial charge < -0.3 is 16.4 Å². The van der Waals surface area contributed by atoms with Crippen molar-refractivity contribution in [3.63, 3.8) is 0 Å². The zero-order valence-corrected chi connectivity index (χ0v) is 13.5. The Hall–Kier alpha value is -1.59. The van der Waals surface area contributed by atoms with Gasteiger partial charge in [0.2, 0.25) is 11.8 Å². The first-order valence-electron chi connectivity index (χ1n) is 6.74. The predicted molar refractivity (Wildman–Crippen MR) is 85.8 cm³/mol. The quantitative estimate of drug-likeness (QED) is 0.833. The molecule has 118 valence electrons. The molecule has 0 aliphatic carbocycles.